The highest BCUT2D eigenvalue weighted by Gasteiger charge is 2.41. The summed E-state index contributed by atoms with van der Waals surface area (Å²) in [4.78, 5) is 1.43. The van der Waals surface area contributed by atoms with E-state index in [9.17, 15) is 0 Å². The molecule has 1 aliphatic rings. The summed E-state index contributed by atoms with van der Waals surface area (Å²) < 4.78 is 0. The largest absolute Gasteiger partial charge is 0.330 e. The molecule has 0 unspecified atom stereocenters. The zero-order chi connectivity index (χ0) is 10.7. The fourth-order valence-electron chi connectivity index (χ4n) is 1.90. The molecule has 1 aromatic carbocycles. The maximum Gasteiger partial charge on any atom is 0.0101 e. The molecule has 0 aromatic heterocycles. The van der Waals surface area contributed by atoms with E-state index in [4.69, 9.17) is 5.73 Å². The van der Waals surface area contributed by atoms with Crippen molar-refractivity contribution in [2.24, 2.45) is 11.1 Å². The van der Waals surface area contributed by atoms with Crippen LogP contribution in [0.5, 0.6) is 0 Å². The molecule has 2 rings (SSSR count). The summed E-state index contributed by atoms with van der Waals surface area (Å²) >= 11 is 2.00. The molecule has 2 heteroatoms. The molecule has 0 radical (unpaired) electrons. The summed E-state index contributed by atoms with van der Waals surface area (Å²) in [5.74, 6) is 1.25. The zero-order valence-electron chi connectivity index (χ0n) is 9.33. The Bertz CT molecular complexity index is 331. The van der Waals surface area contributed by atoms with Crippen molar-refractivity contribution in [2.45, 2.75) is 31.1 Å². The predicted octanol–water partition coefficient (Wildman–Crippen LogP) is 3.22. The van der Waals surface area contributed by atoms with Gasteiger partial charge in [-0.15, -0.1) is 11.8 Å². The maximum atomic E-state index is 5.64. The highest BCUT2D eigenvalue weighted by atomic mass is 32.2. The van der Waals surface area contributed by atoms with Crippen LogP contribution in [0.4, 0.5) is 0 Å². The maximum absolute atomic E-state index is 5.64. The SMILES string of the molecule is Cc1ccccc1SCC1(CCN)CC1. The van der Waals surface area contributed by atoms with Crippen LogP contribution >= 0.6 is 11.8 Å². The number of benzene rings is 1. The third kappa shape index (κ3) is 2.76. The molecule has 0 atom stereocenters. The van der Waals surface area contributed by atoms with Crippen LogP contribution in [-0.2, 0) is 0 Å². The van der Waals surface area contributed by atoms with E-state index >= 15 is 0 Å². The van der Waals surface area contributed by atoms with Gasteiger partial charge in [0.1, 0.15) is 0 Å². The second kappa shape index (κ2) is 4.58. The first-order valence-electron chi connectivity index (χ1n) is 5.64. The second-order valence-electron chi connectivity index (χ2n) is 4.59. The molecule has 15 heavy (non-hydrogen) atoms. The molecule has 1 aromatic rings. The van der Waals surface area contributed by atoms with Gasteiger partial charge in [0.25, 0.3) is 0 Å². The topological polar surface area (TPSA) is 26.0 Å². The highest BCUT2D eigenvalue weighted by molar-refractivity contribution is 7.99. The van der Waals surface area contributed by atoms with Crippen molar-refractivity contribution >= 4 is 11.8 Å². The standard InChI is InChI=1S/C13H19NS/c1-11-4-2-3-5-12(11)15-10-13(6-7-13)8-9-14/h2-5H,6-10,14H2,1H3. The van der Waals surface area contributed by atoms with Crippen molar-refractivity contribution in [1.29, 1.82) is 0 Å². The first kappa shape index (κ1) is 11.0. The Morgan fingerprint density at radius 1 is 1.33 bits per heavy atom. The first-order chi connectivity index (χ1) is 7.26. The van der Waals surface area contributed by atoms with Crippen LogP contribution in [-0.4, -0.2) is 12.3 Å². The average molecular weight is 221 g/mol. The molecule has 1 aliphatic carbocycles. The highest BCUT2D eigenvalue weighted by Crippen LogP contribution is 2.51. The van der Waals surface area contributed by atoms with Gasteiger partial charge in [-0.25, -0.2) is 0 Å². The lowest BCUT2D eigenvalue weighted by Gasteiger charge is -2.13. The predicted molar refractivity (Wildman–Crippen MR) is 67.2 cm³/mol. The Kier molecular flexibility index (Phi) is 3.37. The molecule has 0 bridgehead atoms. The Labute approximate surface area is 96.4 Å². The lowest BCUT2D eigenvalue weighted by molar-refractivity contribution is 0.537. The third-order valence-corrected chi connectivity index (χ3v) is 4.78. The van der Waals surface area contributed by atoms with Gasteiger partial charge in [0.05, 0.1) is 0 Å². The van der Waals surface area contributed by atoms with E-state index in [1.165, 1.54) is 35.5 Å². The van der Waals surface area contributed by atoms with Crippen molar-refractivity contribution < 1.29 is 0 Å². The molecule has 0 heterocycles. The molecule has 1 nitrogen and oxygen atoms in total. The third-order valence-electron chi connectivity index (χ3n) is 3.26. The van der Waals surface area contributed by atoms with Crippen LogP contribution < -0.4 is 5.73 Å². The minimum absolute atomic E-state index is 0.585. The Balaban J connectivity index is 1.91. The number of aryl methyl sites for hydroxylation is 1. The van der Waals surface area contributed by atoms with Gasteiger partial charge in [0.15, 0.2) is 0 Å². The van der Waals surface area contributed by atoms with Crippen molar-refractivity contribution in [3.63, 3.8) is 0 Å². The summed E-state index contributed by atoms with van der Waals surface area (Å²) in [7, 11) is 0. The zero-order valence-corrected chi connectivity index (χ0v) is 10.1. The number of nitrogens with two attached hydrogens (primary N) is 1. The lowest BCUT2D eigenvalue weighted by Crippen LogP contribution is -2.11. The summed E-state index contributed by atoms with van der Waals surface area (Å²) in [6.07, 6.45) is 3.96. The van der Waals surface area contributed by atoms with E-state index in [2.05, 4.69) is 31.2 Å². The minimum atomic E-state index is 0.585. The Morgan fingerprint density at radius 3 is 2.67 bits per heavy atom. The van der Waals surface area contributed by atoms with Crippen molar-refractivity contribution in [2.75, 3.05) is 12.3 Å². The van der Waals surface area contributed by atoms with Gasteiger partial charge in [-0.05, 0) is 49.8 Å². The molecule has 82 valence electrons. The fourth-order valence-corrected chi connectivity index (χ4v) is 3.26. The first-order valence-corrected chi connectivity index (χ1v) is 6.63. The summed E-state index contributed by atoms with van der Waals surface area (Å²) in [5, 5.41) is 0. The smallest absolute Gasteiger partial charge is 0.0101 e. The lowest BCUT2D eigenvalue weighted by atomic mass is 10.1. The van der Waals surface area contributed by atoms with Crippen LogP contribution in [0.2, 0.25) is 0 Å². The fraction of sp³-hybridized carbons (Fsp3) is 0.538. The normalized spacial score (nSPS) is 17.7. The molecule has 1 saturated carbocycles. The summed E-state index contributed by atoms with van der Waals surface area (Å²) in [6.45, 7) is 3.03. The van der Waals surface area contributed by atoms with Crippen molar-refractivity contribution in [3.05, 3.63) is 29.8 Å². The van der Waals surface area contributed by atoms with Gasteiger partial charge in [0, 0.05) is 10.6 Å². The number of rotatable bonds is 5. The van der Waals surface area contributed by atoms with Crippen LogP contribution in [0.15, 0.2) is 29.2 Å². The van der Waals surface area contributed by atoms with E-state index in [-0.39, 0.29) is 0 Å². The molecule has 2 N–H and O–H groups in total. The van der Waals surface area contributed by atoms with E-state index < -0.39 is 0 Å². The average Bonchev–Trinajstić information content (AvgIpc) is 2.98. The van der Waals surface area contributed by atoms with Crippen LogP contribution in [0.25, 0.3) is 0 Å². The van der Waals surface area contributed by atoms with Crippen molar-refractivity contribution in [3.8, 4) is 0 Å². The van der Waals surface area contributed by atoms with E-state index in [1.807, 2.05) is 11.8 Å². The monoisotopic (exact) mass is 221 g/mol. The Morgan fingerprint density at radius 2 is 2.07 bits per heavy atom. The molecule has 0 spiro atoms. The molecular weight excluding hydrogens is 202 g/mol. The summed E-state index contributed by atoms with van der Waals surface area (Å²) in [5.41, 5.74) is 7.62. The number of hydrogen-bond acceptors (Lipinski definition) is 2. The molecule has 1 fully saturated rings. The van der Waals surface area contributed by atoms with Gasteiger partial charge in [-0.3, -0.25) is 0 Å². The van der Waals surface area contributed by atoms with Gasteiger partial charge in [-0.1, -0.05) is 18.2 Å². The van der Waals surface area contributed by atoms with Crippen molar-refractivity contribution in [1.82, 2.24) is 0 Å². The molecule has 0 saturated heterocycles. The van der Waals surface area contributed by atoms with Crippen LogP contribution in [0, 0.1) is 12.3 Å². The van der Waals surface area contributed by atoms with Gasteiger partial charge in [0.2, 0.25) is 0 Å². The molecule has 0 aliphatic heterocycles. The van der Waals surface area contributed by atoms with Gasteiger partial charge in [-0.2, -0.15) is 0 Å². The van der Waals surface area contributed by atoms with E-state index in [1.54, 1.807) is 0 Å². The van der Waals surface area contributed by atoms with Crippen LogP contribution in [0.3, 0.4) is 0 Å². The van der Waals surface area contributed by atoms with Gasteiger partial charge < -0.3 is 5.73 Å². The second-order valence-corrected chi connectivity index (χ2v) is 5.61. The quantitative estimate of drug-likeness (QED) is 0.773. The summed E-state index contributed by atoms with van der Waals surface area (Å²) in [6, 6.07) is 8.63. The minimum Gasteiger partial charge on any atom is -0.330 e. The van der Waals surface area contributed by atoms with E-state index in [0.29, 0.717) is 5.41 Å². The van der Waals surface area contributed by atoms with Crippen LogP contribution in [0.1, 0.15) is 24.8 Å². The molecular formula is C13H19NS. The van der Waals surface area contributed by atoms with E-state index in [0.717, 1.165) is 6.54 Å². The number of hydrogen-bond donors (Lipinski definition) is 1. The molecule has 0 amide bonds. The number of thioether (sulfide) groups is 1. The van der Waals surface area contributed by atoms with Gasteiger partial charge >= 0.3 is 0 Å². The Hall–Kier alpha value is -0.470.